The summed E-state index contributed by atoms with van der Waals surface area (Å²) in [6, 6.07) is 5.36. The largest absolute Gasteiger partial charge is 0.471 e. The zero-order valence-electron chi connectivity index (χ0n) is 8.91. The van der Waals surface area contributed by atoms with Gasteiger partial charge in [-0.25, -0.2) is 4.85 Å². The van der Waals surface area contributed by atoms with Crippen LogP contribution in [0, 0.1) is 6.57 Å². The maximum Gasteiger partial charge on any atom is 0.471 e. The Morgan fingerprint density at radius 3 is 2.22 bits per heavy atom. The third-order valence-corrected chi connectivity index (χ3v) is 1.99. The van der Waals surface area contributed by atoms with Gasteiger partial charge < -0.3 is 5.32 Å². The number of nitrogens with zero attached hydrogens (tertiary/aromatic N) is 1. The summed E-state index contributed by atoms with van der Waals surface area (Å²) in [5.74, 6) is -2.82. The second kappa shape index (κ2) is 5.31. The molecule has 1 rings (SSSR count). The zero-order chi connectivity index (χ0) is 13.8. The molecule has 4 nitrogen and oxygen atoms in total. The second-order valence-electron chi connectivity index (χ2n) is 3.26. The lowest BCUT2D eigenvalue weighted by atomic mass is 10.1. The van der Waals surface area contributed by atoms with Gasteiger partial charge >= 0.3 is 12.1 Å². The van der Waals surface area contributed by atoms with Gasteiger partial charge in [0.15, 0.2) is 11.5 Å². The van der Waals surface area contributed by atoms with E-state index in [0.717, 1.165) is 0 Å². The first-order chi connectivity index (χ1) is 8.34. The fourth-order valence-electron chi connectivity index (χ4n) is 1.08. The van der Waals surface area contributed by atoms with E-state index in [1.807, 2.05) is 0 Å². The average Bonchev–Trinajstić information content (AvgIpc) is 2.34. The number of alkyl halides is 3. The Kier molecular flexibility index (Phi) is 4.05. The van der Waals surface area contributed by atoms with Gasteiger partial charge in [-0.15, -0.1) is 0 Å². The first-order valence-electron chi connectivity index (χ1n) is 4.70. The van der Waals surface area contributed by atoms with Crippen molar-refractivity contribution >= 4 is 17.4 Å². The Bertz CT molecular complexity index is 501. The third-order valence-electron chi connectivity index (χ3n) is 1.99. The van der Waals surface area contributed by atoms with Gasteiger partial charge in [0, 0.05) is 5.56 Å². The quantitative estimate of drug-likeness (QED) is 0.665. The second-order valence-corrected chi connectivity index (χ2v) is 3.26. The third kappa shape index (κ3) is 3.59. The summed E-state index contributed by atoms with van der Waals surface area (Å²) in [5.41, 5.74) is 0.441. The summed E-state index contributed by atoms with van der Waals surface area (Å²) in [5, 5.41) is 1.48. The van der Waals surface area contributed by atoms with Crippen molar-refractivity contribution in [3.05, 3.63) is 41.2 Å². The van der Waals surface area contributed by atoms with Crippen molar-refractivity contribution in [3.8, 4) is 0 Å². The van der Waals surface area contributed by atoms with Crippen LogP contribution in [0.2, 0.25) is 0 Å². The number of ketones is 1. The van der Waals surface area contributed by atoms with Crippen molar-refractivity contribution in [2.45, 2.75) is 6.18 Å². The molecule has 0 bridgehead atoms. The van der Waals surface area contributed by atoms with Gasteiger partial charge in [0.1, 0.15) is 0 Å². The zero-order valence-corrected chi connectivity index (χ0v) is 8.91. The Hall–Kier alpha value is -2.36. The van der Waals surface area contributed by atoms with Crippen molar-refractivity contribution in [2.24, 2.45) is 0 Å². The smallest absolute Gasteiger partial charge is 0.341 e. The molecule has 1 aromatic rings. The van der Waals surface area contributed by atoms with E-state index in [2.05, 4.69) is 4.85 Å². The number of Topliss-reactive ketones (excluding diaryl/α,β-unsaturated/α-hetero) is 1. The predicted octanol–water partition coefficient (Wildman–Crippen LogP) is 2.10. The molecule has 0 saturated heterocycles. The molecule has 0 saturated carbocycles. The van der Waals surface area contributed by atoms with Gasteiger partial charge in [-0.05, 0) is 0 Å². The number of nitrogens with one attached hydrogen (secondary N) is 1. The van der Waals surface area contributed by atoms with Crippen LogP contribution >= 0.6 is 0 Å². The Balaban J connectivity index is 2.61. The maximum atomic E-state index is 11.8. The standard InChI is InChI=1S/C11H7F3N2O2/c1-15-8-4-2-7(3-5-8)9(17)6-16-10(18)11(12,13)14/h2-5H,6H2,(H,16,18). The highest BCUT2D eigenvalue weighted by molar-refractivity contribution is 6.00. The molecule has 0 aliphatic carbocycles. The molecule has 0 aliphatic rings. The van der Waals surface area contributed by atoms with Gasteiger partial charge in [0.05, 0.1) is 13.1 Å². The van der Waals surface area contributed by atoms with Gasteiger partial charge in [0.25, 0.3) is 0 Å². The molecule has 18 heavy (non-hydrogen) atoms. The molecule has 7 heteroatoms. The molecule has 1 N–H and O–H groups in total. The molecule has 1 aromatic carbocycles. The van der Waals surface area contributed by atoms with Gasteiger partial charge in [0.2, 0.25) is 0 Å². The number of benzene rings is 1. The molecule has 0 aromatic heterocycles. The SMILES string of the molecule is [C-]#[N+]c1ccc(C(=O)CNC(=O)C(F)(F)F)cc1. The van der Waals surface area contributed by atoms with E-state index >= 15 is 0 Å². The lowest BCUT2D eigenvalue weighted by Gasteiger charge is -2.07. The van der Waals surface area contributed by atoms with Crippen molar-refractivity contribution in [2.75, 3.05) is 6.54 Å². The number of carbonyl (C=O) groups excluding carboxylic acids is 2. The van der Waals surface area contributed by atoms with E-state index in [1.54, 1.807) is 0 Å². The Morgan fingerprint density at radius 1 is 1.22 bits per heavy atom. The first-order valence-corrected chi connectivity index (χ1v) is 4.70. The van der Waals surface area contributed by atoms with Gasteiger partial charge in [-0.1, -0.05) is 24.3 Å². The van der Waals surface area contributed by atoms with Crippen LogP contribution in [0.3, 0.4) is 0 Å². The van der Waals surface area contributed by atoms with E-state index in [0.29, 0.717) is 5.69 Å². The molecule has 0 unspecified atom stereocenters. The Morgan fingerprint density at radius 2 is 1.78 bits per heavy atom. The number of halogens is 3. The summed E-state index contributed by atoms with van der Waals surface area (Å²) in [6.45, 7) is 5.95. The van der Waals surface area contributed by atoms with Crippen LogP contribution in [0.15, 0.2) is 24.3 Å². The van der Waals surface area contributed by atoms with Crippen molar-refractivity contribution in [1.29, 1.82) is 0 Å². The minimum absolute atomic E-state index is 0.130. The highest BCUT2D eigenvalue weighted by atomic mass is 19.4. The van der Waals surface area contributed by atoms with E-state index in [-0.39, 0.29) is 5.56 Å². The summed E-state index contributed by atoms with van der Waals surface area (Å²) in [6.07, 6.45) is -5.01. The van der Waals surface area contributed by atoms with Crippen molar-refractivity contribution in [3.63, 3.8) is 0 Å². The molecule has 0 aliphatic heterocycles. The van der Waals surface area contributed by atoms with E-state index < -0.39 is 24.4 Å². The molecule has 0 radical (unpaired) electrons. The van der Waals surface area contributed by atoms with Crippen molar-refractivity contribution in [1.82, 2.24) is 5.32 Å². The van der Waals surface area contributed by atoms with Crippen molar-refractivity contribution < 1.29 is 22.8 Å². The first kappa shape index (κ1) is 13.7. The summed E-state index contributed by atoms with van der Waals surface area (Å²) < 4.78 is 35.5. The van der Waals surface area contributed by atoms with Crippen LogP contribution in [-0.2, 0) is 4.79 Å². The molecule has 1 amide bonds. The molecule has 0 atom stereocenters. The minimum Gasteiger partial charge on any atom is -0.341 e. The van der Waals surface area contributed by atoms with Crippen LogP contribution in [-0.4, -0.2) is 24.4 Å². The topological polar surface area (TPSA) is 50.5 Å². The number of amides is 1. The predicted molar refractivity (Wildman–Crippen MR) is 56.1 cm³/mol. The van der Waals surface area contributed by atoms with Crippen LogP contribution in [0.4, 0.5) is 18.9 Å². The number of carbonyl (C=O) groups is 2. The van der Waals surface area contributed by atoms with E-state index in [4.69, 9.17) is 6.57 Å². The van der Waals surface area contributed by atoms with Crippen LogP contribution < -0.4 is 5.32 Å². The normalized spacial score (nSPS) is 10.6. The molecule has 0 fully saturated rings. The van der Waals surface area contributed by atoms with Crippen LogP contribution in [0.5, 0.6) is 0 Å². The summed E-state index contributed by atoms with van der Waals surface area (Å²) >= 11 is 0. The lowest BCUT2D eigenvalue weighted by molar-refractivity contribution is -0.173. The number of hydrogen-bond acceptors (Lipinski definition) is 2. The average molecular weight is 256 g/mol. The fourth-order valence-corrected chi connectivity index (χ4v) is 1.08. The van der Waals surface area contributed by atoms with Gasteiger partial charge in [-0.2, -0.15) is 13.2 Å². The highest BCUT2D eigenvalue weighted by Crippen LogP contribution is 2.15. The van der Waals surface area contributed by atoms with Crippen LogP contribution in [0.25, 0.3) is 4.85 Å². The Labute approximate surface area is 100 Å². The summed E-state index contributed by atoms with van der Waals surface area (Å²) in [4.78, 5) is 25.0. The molecular formula is C11H7F3N2O2. The molecule has 0 heterocycles. The molecule has 0 spiro atoms. The summed E-state index contributed by atoms with van der Waals surface area (Å²) in [7, 11) is 0. The van der Waals surface area contributed by atoms with E-state index in [1.165, 1.54) is 29.6 Å². The maximum absolute atomic E-state index is 11.8. The van der Waals surface area contributed by atoms with Gasteiger partial charge in [-0.3, -0.25) is 9.59 Å². The fraction of sp³-hybridized carbons (Fsp3) is 0.182. The molecular weight excluding hydrogens is 249 g/mol. The monoisotopic (exact) mass is 256 g/mol. The minimum atomic E-state index is -5.01. The number of hydrogen-bond donors (Lipinski definition) is 1. The highest BCUT2D eigenvalue weighted by Gasteiger charge is 2.38. The molecule has 94 valence electrons. The van der Waals surface area contributed by atoms with Crippen LogP contribution in [0.1, 0.15) is 10.4 Å². The van der Waals surface area contributed by atoms with E-state index in [9.17, 15) is 22.8 Å². The lowest BCUT2D eigenvalue weighted by Crippen LogP contribution is -2.39. The number of rotatable bonds is 3.